The highest BCUT2D eigenvalue weighted by molar-refractivity contribution is 5.78. The summed E-state index contributed by atoms with van der Waals surface area (Å²) in [6, 6.07) is 0. The highest BCUT2D eigenvalue weighted by atomic mass is 16.7. The molecule has 4 bridgehead atoms. The first-order valence-electron chi connectivity index (χ1n) is 19.3. The van der Waals surface area contributed by atoms with Crippen LogP contribution in [0.5, 0.6) is 0 Å². The first-order valence-corrected chi connectivity index (χ1v) is 19.3. The van der Waals surface area contributed by atoms with Crippen molar-refractivity contribution in [1.29, 1.82) is 0 Å². The van der Waals surface area contributed by atoms with Crippen LogP contribution in [0.4, 0.5) is 0 Å². The largest absolute Gasteiger partial charge is 0.481 e. The van der Waals surface area contributed by atoms with Crippen LogP contribution in [0.3, 0.4) is 0 Å². The summed E-state index contributed by atoms with van der Waals surface area (Å²) in [6.45, 7) is 0.117. The number of aliphatic carboxylic acids is 1. The predicted molar refractivity (Wildman–Crippen MR) is 175 cm³/mol. The minimum atomic E-state index is -0.852. The summed E-state index contributed by atoms with van der Waals surface area (Å²) in [5, 5.41) is 29.5. The van der Waals surface area contributed by atoms with Gasteiger partial charge in [-0.05, 0) is 93.8 Å². The van der Waals surface area contributed by atoms with Gasteiger partial charge in [-0.3, -0.25) is 14.4 Å². The molecule has 3 N–H and O–H groups in total. The monoisotopic (exact) mass is 676 g/mol. The summed E-state index contributed by atoms with van der Waals surface area (Å²) in [6.07, 6.45) is 15.6. The Labute approximate surface area is 286 Å². The Morgan fingerprint density at radius 1 is 0.688 bits per heavy atom. The minimum absolute atomic E-state index is 0.0192. The van der Waals surface area contributed by atoms with E-state index in [4.69, 9.17) is 18.9 Å². The quantitative estimate of drug-likeness (QED) is 0.193. The second-order valence-corrected chi connectivity index (χ2v) is 16.8. The maximum absolute atomic E-state index is 13.8. The molecule has 272 valence electrons. The third kappa shape index (κ3) is 8.40. The zero-order valence-corrected chi connectivity index (χ0v) is 28.9. The summed E-state index contributed by atoms with van der Waals surface area (Å²) in [7, 11) is 0. The number of carbonyl (C=O) groups is 3. The number of carbonyl (C=O) groups excluding carboxylic acids is 2. The van der Waals surface area contributed by atoms with Crippen molar-refractivity contribution in [3.8, 4) is 0 Å². The fourth-order valence-electron chi connectivity index (χ4n) is 11.0. The Morgan fingerprint density at radius 2 is 1.21 bits per heavy atom. The van der Waals surface area contributed by atoms with E-state index in [1.165, 1.54) is 19.3 Å². The average molecular weight is 677 g/mol. The third-order valence-corrected chi connectivity index (χ3v) is 13.2. The molecule has 0 aromatic rings. The van der Waals surface area contributed by atoms with E-state index in [0.29, 0.717) is 37.0 Å². The van der Waals surface area contributed by atoms with Crippen molar-refractivity contribution in [3.05, 3.63) is 0 Å². The van der Waals surface area contributed by atoms with E-state index >= 15 is 0 Å². The predicted octanol–water partition coefficient (Wildman–Crippen LogP) is 5.79. The van der Waals surface area contributed by atoms with E-state index in [9.17, 15) is 29.7 Å². The lowest BCUT2D eigenvalue weighted by Gasteiger charge is -2.46. The van der Waals surface area contributed by atoms with Crippen molar-refractivity contribution in [2.24, 2.45) is 46.3 Å². The number of hydrogen-bond donors (Lipinski definition) is 3. The van der Waals surface area contributed by atoms with Crippen molar-refractivity contribution in [1.82, 2.24) is 0 Å². The molecule has 48 heavy (non-hydrogen) atoms. The molecule has 0 amide bonds. The molecule has 9 atom stereocenters. The van der Waals surface area contributed by atoms with Gasteiger partial charge in [0.2, 0.25) is 0 Å². The highest BCUT2D eigenvalue weighted by Gasteiger charge is 2.52. The van der Waals surface area contributed by atoms with Crippen molar-refractivity contribution >= 4 is 17.9 Å². The molecule has 9 unspecified atom stereocenters. The molecule has 6 aliphatic rings. The van der Waals surface area contributed by atoms with Crippen LogP contribution in [0, 0.1) is 46.3 Å². The van der Waals surface area contributed by atoms with Crippen LogP contribution in [0.2, 0.25) is 0 Å². The second kappa shape index (κ2) is 16.1. The van der Waals surface area contributed by atoms with Crippen molar-refractivity contribution < 1.29 is 48.7 Å². The van der Waals surface area contributed by atoms with Gasteiger partial charge in [-0.25, -0.2) is 0 Å². The number of rotatable bonds is 14. The first kappa shape index (κ1) is 36.1. The van der Waals surface area contributed by atoms with Gasteiger partial charge >= 0.3 is 17.9 Å². The van der Waals surface area contributed by atoms with E-state index in [0.717, 1.165) is 83.5 Å². The number of aliphatic hydroxyl groups excluding tert-OH is 2. The molecule has 1 saturated heterocycles. The molecule has 1 heterocycles. The number of carboxylic acid groups (broad SMARTS) is 1. The summed E-state index contributed by atoms with van der Waals surface area (Å²) in [5.41, 5.74) is -1.16. The SMILES string of the molecule is O=C(O)CCC(CC1CCCCC1)C1OC(COC(=O)C23CCCC(CC(CO)C2)C3)C(COC(=O)C23CCCC(CC(CO)C2)C3)O1. The zero-order chi connectivity index (χ0) is 33.7. The van der Waals surface area contributed by atoms with Gasteiger partial charge in [-0.15, -0.1) is 0 Å². The Hall–Kier alpha value is -1.75. The van der Waals surface area contributed by atoms with Crippen LogP contribution < -0.4 is 0 Å². The summed E-state index contributed by atoms with van der Waals surface area (Å²) < 4.78 is 25.2. The maximum atomic E-state index is 13.8. The lowest BCUT2D eigenvalue weighted by molar-refractivity contribution is -0.171. The van der Waals surface area contributed by atoms with Crippen LogP contribution in [0.15, 0.2) is 0 Å². The Morgan fingerprint density at radius 3 is 1.69 bits per heavy atom. The molecule has 6 fully saturated rings. The number of ether oxygens (including phenoxy) is 4. The van der Waals surface area contributed by atoms with E-state index in [-0.39, 0.29) is 62.5 Å². The Balaban J connectivity index is 1.15. The van der Waals surface area contributed by atoms with Crippen LogP contribution in [-0.2, 0) is 33.3 Å². The standard InChI is InChI=1S/C38H60O10/c39-21-28-14-26-8-4-12-37(17-26,19-28)35(43)45-23-31-32(24-46-36(44)38-13-5-9-27(18-38)15-29(20-38)22-40)48-34(47-31)30(10-11-33(41)42)16-25-6-2-1-3-7-25/h25-32,34,39-40H,1-24H2,(H,41,42). The maximum Gasteiger partial charge on any atom is 0.312 e. The molecule has 6 rings (SSSR count). The average Bonchev–Trinajstić information content (AvgIpc) is 3.50. The zero-order valence-electron chi connectivity index (χ0n) is 28.9. The second-order valence-electron chi connectivity index (χ2n) is 16.8. The normalized spacial score (nSPS) is 39.0. The van der Waals surface area contributed by atoms with E-state index in [1.54, 1.807) is 0 Å². The minimum Gasteiger partial charge on any atom is -0.481 e. The van der Waals surface area contributed by atoms with Gasteiger partial charge in [-0.1, -0.05) is 57.8 Å². The molecule has 10 heteroatoms. The number of aliphatic hydroxyl groups is 2. The molecule has 5 saturated carbocycles. The van der Waals surface area contributed by atoms with Crippen LogP contribution in [-0.4, -0.2) is 78.2 Å². The van der Waals surface area contributed by atoms with Gasteiger partial charge in [0.15, 0.2) is 6.29 Å². The van der Waals surface area contributed by atoms with E-state index in [1.807, 2.05) is 0 Å². The fraction of sp³-hybridized carbons (Fsp3) is 0.921. The Bertz CT molecular complexity index is 1040. The molecule has 0 spiro atoms. The molecule has 0 aromatic carbocycles. The van der Waals surface area contributed by atoms with Gasteiger partial charge < -0.3 is 34.3 Å². The van der Waals surface area contributed by atoms with Crippen LogP contribution in [0.25, 0.3) is 0 Å². The third-order valence-electron chi connectivity index (χ3n) is 13.2. The van der Waals surface area contributed by atoms with Crippen LogP contribution in [0.1, 0.15) is 128 Å². The summed E-state index contributed by atoms with van der Waals surface area (Å²) >= 11 is 0. The van der Waals surface area contributed by atoms with Gasteiger partial charge in [0.05, 0.1) is 10.8 Å². The van der Waals surface area contributed by atoms with Crippen LogP contribution >= 0.6 is 0 Å². The highest BCUT2D eigenvalue weighted by Crippen LogP contribution is 2.53. The molecule has 10 nitrogen and oxygen atoms in total. The number of esters is 2. The lowest BCUT2D eigenvalue weighted by atomic mass is 9.59. The van der Waals surface area contributed by atoms with Gasteiger partial charge in [0.1, 0.15) is 25.4 Å². The van der Waals surface area contributed by atoms with Crippen molar-refractivity contribution in [2.45, 2.75) is 147 Å². The summed E-state index contributed by atoms with van der Waals surface area (Å²) in [4.78, 5) is 39.2. The topological polar surface area (TPSA) is 149 Å². The van der Waals surface area contributed by atoms with E-state index in [2.05, 4.69) is 0 Å². The van der Waals surface area contributed by atoms with Crippen molar-refractivity contribution in [2.75, 3.05) is 26.4 Å². The number of fused-ring (bicyclic) bond motifs is 4. The van der Waals surface area contributed by atoms with Gasteiger partial charge in [0.25, 0.3) is 0 Å². The lowest BCUT2D eigenvalue weighted by Crippen LogP contribution is -2.46. The molecule has 5 aliphatic carbocycles. The molecular formula is C38H60O10. The van der Waals surface area contributed by atoms with E-state index < -0.39 is 35.3 Å². The smallest absolute Gasteiger partial charge is 0.312 e. The molecule has 0 aromatic heterocycles. The van der Waals surface area contributed by atoms with Gasteiger partial charge in [-0.2, -0.15) is 0 Å². The molecule has 0 radical (unpaired) electrons. The van der Waals surface area contributed by atoms with Crippen molar-refractivity contribution in [3.63, 3.8) is 0 Å². The number of hydrogen-bond acceptors (Lipinski definition) is 9. The fourth-order valence-corrected chi connectivity index (χ4v) is 11.0. The summed E-state index contributed by atoms with van der Waals surface area (Å²) in [5.74, 6) is 0.115. The molecule has 1 aliphatic heterocycles. The molecular weight excluding hydrogens is 616 g/mol. The number of carboxylic acids is 1. The Kier molecular flexibility index (Phi) is 12.1. The van der Waals surface area contributed by atoms with Gasteiger partial charge in [0, 0.05) is 25.6 Å². The first-order chi connectivity index (χ1) is 23.2.